The first-order valence-corrected chi connectivity index (χ1v) is 8.29. The molecule has 0 aromatic heterocycles. The molecule has 3 unspecified atom stereocenters. The van der Waals surface area contributed by atoms with Crippen LogP contribution >= 0.6 is 0 Å². The van der Waals surface area contributed by atoms with Crippen LogP contribution in [0, 0.1) is 6.92 Å². The zero-order chi connectivity index (χ0) is 15.4. The van der Waals surface area contributed by atoms with E-state index in [9.17, 15) is 0 Å². The van der Waals surface area contributed by atoms with E-state index in [2.05, 4.69) is 61.9 Å². The van der Waals surface area contributed by atoms with Crippen LogP contribution in [0.15, 0.2) is 24.3 Å². The van der Waals surface area contributed by atoms with Crippen LogP contribution in [0.25, 0.3) is 0 Å². The van der Waals surface area contributed by atoms with E-state index in [1.165, 1.54) is 30.5 Å². The largest absolute Gasteiger partial charge is 0.326 e. The highest BCUT2D eigenvalue weighted by Crippen LogP contribution is 2.26. The van der Waals surface area contributed by atoms with Gasteiger partial charge in [0.25, 0.3) is 0 Å². The fourth-order valence-electron chi connectivity index (χ4n) is 3.78. The maximum Gasteiger partial charge on any atom is 0.0494 e. The molecule has 0 amide bonds. The third-order valence-corrected chi connectivity index (χ3v) is 4.76. The van der Waals surface area contributed by atoms with E-state index in [4.69, 9.17) is 5.73 Å². The first kappa shape index (κ1) is 16.5. The summed E-state index contributed by atoms with van der Waals surface area (Å²) in [5.41, 5.74) is 8.96. The predicted molar refractivity (Wildman–Crippen MR) is 90.5 cm³/mol. The molecule has 0 spiro atoms. The van der Waals surface area contributed by atoms with Gasteiger partial charge in [0.2, 0.25) is 0 Å². The fraction of sp³-hybridized carbons (Fsp3) is 0.667. The smallest absolute Gasteiger partial charge is 0.0494 e. The lowest BCUT2D eigenvalue weighted by atomic mass is 9.97. The number of hydrogen-bond acceptors (Lipinski definition) is 3. The quantitative estimate of drug-likeness (QED) is 0.874. The van der Waals surface area contributed by atoms with Gasteiger partial charge in [0.1, 0.15) is 0 Å². The minimum absolute atomic E-state index is 0.133. The van der Waals surface area contributed by atoms with Crippen LogP contribution < -0.4 is 5.73 Å². The summed E-state index contributed by atoms with van der Waals surface area (Å²) in [5.74, 6) is 0. The van der Waals surface area contributed by atoms with Gasteiger partial charge in [-0.05, 0) is 52.4 Å². The van der Waals surface area contributed by atoms with Crippen molar-refractivity contribution >= 4 is 0 Å². The van der Waals surface area contributed by atoms with E-state index < -0.39 is 0 Å². The average molecular weight is 289 g/mol. The molecule has 1 saturated heterocycles. The van der Waals surface area contributed by atoms with Crippen LogP contribution in [0.1, 0.15) is 43.9 Å². The van der Waals surface area contributed by atoms with Crippen molar-refractivity contribution < 1.29 is 0 Å². The van der Waals surface area contributed by atoms with E-state index in [1.807, 2.05) is 0 Å². The molecule has 1 fully saturated rings. The molecule has 1 heterocycles. The van der Waals surface area contributed by atoms with Gasteiger partial charge in [-0.25, -0.2) is 0 Å². The second-order valence-electron chi connectivity index (χ2n) is 6.58. The Kier molecular flexibility index (Phi) is 5.80. The Hall–Kier alpha value is -0.900. The molecule has 1 aliphatic rings. The summed E-state index contributed by atoms with van der Waals surface area (Å²) in [5, 5.41) is 0. The Labute approximate surface area is 130 Å². The first-order chi connectivity index (χ1) is 10.0. The number of likely N-dealkylation sites (N-methyl/N-ethyl adjacent to an activating group) is 2. The summed E-state index contributed by atoms with van der Waals surface area (Å²) >= 11 is 0. The van der Waals surface area contributed by atoms with Crippen molar-refractivity contribution in [2.75, 3.05) is 26.7 Å². The summed E-state index contributed by atoms with van der Waals surface area (Å²) in [7, 11) is 2.22. The van der Waals surface area contributed by atoms with E-state index in [1.54, 1.807) is 0 Å². The standard InChI is InChI=1S/C18H31N3/c1-5-21-11-7-10-17(21)13-20(4)18(15(3)19)16-9-6-8-14(2)12-16/h6,8-9,12,15,17-18H,5,7,10-11,13,19H2,1-4H3. The molecule has 118 valence electrons. The van der Waals surface area contributed by atoms with Gasteiger partial charge in [-0.3, -0.25) is 9.80 Å². The minimum Gasteiger partial charge on any atom is -0.326 e. The summed E-state index contributed by atoms with van der Waals surface area (Å²) in [6, 6.07) is 9.89. The van der Waals surface area contributed by atoms with E-state index in [0.29, 0.717) is 12.1 Å². The average Bonchev–Trinajstić information content (AvgIpc) is 2.85. The molecule has 1 aromatic carbocycles. The normalized spacial score (nSPS) is 22.7. The Bertz CT molecular complexity index is 444. The summed E-state index contributed by atoms with van der Waals surface area (Å²) in [6.07, 6.45) is 2.65. The van der Waals surface area contributed by atoms with Gasteiger partial charge in [-0.2, -0.15) is 0 Å². The van der Waals surface area contributed by atoms with Gasteiger partial charge in [-0.15, -0.1) is 0 Å². The van der Waals surface area contributed by atoms with Gasteiger partial charge < -0.3 is 5.73 Å². The van der Waals surface area contributed by atoms with Crippen LogP contribution in [0.5, 0.6) is 0 Å². The molecule has 21 heavy (non-hydrogen) atoms. The van der Waals surface area contributed by atoms with Gasteiger partial charge >= 0.3 is 0 Å². The highest BCUT2D eigenvalue weighted by molar-refractivity contribution is 5.26. The van der Waals surface area contributed by atoms with Crippen molar-refractivity contribution in [1.82, 2.24) is 9.80 Å². The second-order valence-corrected chi connectivity index (χ2v) is 6.58. The minimum atomic E-state index is 0.133. The summed E-state index contributed by atoms with van der Waals surface area (Å²) in [4.78, 5) is 5.06. The number of rotatable bonds is 6. The fourth-order valence-corrected chi connectivity index (χ4v) is 3.78. The maximum atomic E-state index is 6.31. The van der Waals surface area contributed by atoms with Crippen LogP contribution in [0.4, 0.5) is 0 Å². The SMILES string of the molecule is CCN1CCCC1CN(C)C(c1cccc(C)c1)C(C)N. The van der Waals surface area contributed by atoms with Gasteiger partial charge in [0.05, 0.1) is 0 Å². The highest BCUT2D eigenvalue weighted by atomic mass is 15.2. The van der Waals surface area contributed by atoms with E-state index >= 15 is 0 Å². The van der Waals surface area contributed by atoms with Crippen LogP contribution in [0.2, 0.25) is 0 Å². The highest BCUT2D eigenvalue weighted by Gasteiger charge is 2.28. The van der Waals surface area contributed by atoms with Crippen molar-refractivity contribution in [3.8, 4) is 0 Å². The molecule has 2 rings (SSSR count). The molecule has 0 saturated carbocycles. The summed E-state index contributed by atoms with van der Waals surface area (Å²) < 4.78 is 0. The molecular weight excluding hydrogens is 258 g/mol. The van der Waals surface area contributed by atoms with Gasteiger partial charge in [0, 0.05) is 24.7 Å². The Morgan fingerprint density at radius 3 is 2.81 bits per heavy atom. The van der Waals surface area contributed by atoms with E-state index in [0.717, 1.165) is 13.1 Å². The molecular formula is C18H31N3. The topological polar surface area (TPSA) is 32.5 Å². The molecule has 3 heteroatoms. The van der Waals surface area contributed by atoms with Gasteiger partial charge in [-0.1, -0.05) is 36.8 Å². The zero-order valence-electron chi connectivity index (χ0n) is 14.0. The van der Waals surface area contributed by atoms with Crippen LogP contribution in [-0.4, -0.2) is 48.6 Å². The Morgan fingerprint density at radius 2 is 2.19 bits per heavy atom. The molecule has 3 atom stereocenters. The van der Waals surface area contributed by atoms with Crippen LogP contribution in [0.3, 0.4) is 0 Å². The number of hydrogen-bond donors (Lipinski definition) is 1. The Morgan fingerprint density at radius 1 is 1.43 bits per heavy atom. The van der Waals surface area contributed by atoms with Crippen molar-refractivity contribution in [2.45, 2.75) is 51.7 Å². The molecule has 1 aromatic rings. The number of nitrogens with zero attached hydrogens (tertiary/aromatic N) is 2. The lowest BCUT2D eigenvalue weighted by Gasteiger charge is -2.35. The maximum absolute atomic E-state index is 6.31. The number of benzene rings is 1. The van der Waals surface area contributed by atoms with Crippen molar-refractivity contribution in [3.05, 3.63) is 35.4 Å². The molecule has 0 bridgehead atoms. The first-order valence-electron chi connectivity index (χ1n) is 8.29. The second kappa shape index (κ2) is 7.39. The monoisotopic (exact) mass is 289 g/mol. The van der Waals surface area contributed by atoms with E-state index in [-0.39, 0.29) is 6.04 Å². The lowest BCUT2D eigenvalue weighted by Crippen LogP contribution is -2.44. The van der Waals surface area contributed by atoms with Crippen molar-refractivity contribution in [2.24, 2.45) is 5.73 Å². The summed E-state index contributed by atoms with van der Waals surface area (Å²) in [6.45, 7) is 10.1. The molecule has 0 aliphatic carbocycles. The van der Waals surface area contributed by atoms with Crippen molar-refractivity contribution in [3.63, 3.8) is 0 Å². The number of aryl methyl sites for hydroxylation is 1. The third-order valence-electron chi connectivity index (χ3n) is 4.76. The van der Waals surface area contributed by atoms with Gasteiger partial charge in [0.15, 0.2) is 0 Å². The number of likely N-dealkylation sites (tertiary alicyclic amines) is 1. The molecule has 3 nitrogen and oxygen atoms in total. The van der Waals surface area contributed by atoms with Crippen molar-refractivity contribution in [1.29, 1.82) is 0 Å². The zero-order valence-corrected chi connectivity index (χ0v) is 14.0. The molecule has 0 radical (unpaired) electrons. The molecule has 1 aliphatic heterocycles. The predicted octanol–water partition coefficient (Wildman–Crippen LogP) is 2.80. The molecule has 2 N–H and O–H groups in total. The Balaban J connectivity index is 2.11. The van der Waals surface area contributed by atoms with Crippen LogP contribution in [-0.2, 0) is 0 Å². The third kappa shape index (κ3) is 4.06. The lowest BCUT2D eigenvalue weighted by molar-refractivity contribution is 0.151. The number of nitrogens with two attached hydrogens (primary N) is 1.